The van der Waals surface area contributed by atoms with Crippen molar-refractivity contribution in [2.24, 2.45) is 0 Å². The third-order valence-electron chi connectivity index (χ3n) is 5.80. The predicted octanol–water partition coefficient (Wildman–Crippen LogP) is 6.40. The monoisotopic (exact) mass is 537 g/mol. The van der Waals surface area contributed by atoms with E-state index in [9.17, 15) is 26.4 Å². The molecule has 0 radical (unpaired) electrons. The number of amides is 1. The maximum Gasteiger partial charge on any atom is 0.417 e. The molecule has 11 heteroatoms. The minimum absolute atomic E-state index is 0.185. The summed E-state index contributed by atoms with van der Waals surface area (Å²) in [7, 11) is -4.18. The number of piperidine rings is 1. The largest absolute Gasteiger partial charge is 0.417 e. The Labute approximate surface area is 212 Å². The van der Waals surface area contributed by atoms with Crippen molar-refractivity contribution >= 4 is 44.6 Å². The van der Waals surface area contributed by atoms with Crippen molar-refractivity contribution in [2.75, 3.05) is 28.0 Å². The number of hydrogen-bond acceptors (Lipinski definition) is 4. The molecular formula is C25H23ClF3N3O3S. The number of sulfonamides is 1. The molecule has 6 nitrogen and oxygen atoms in total. The van der Waals surface area contributed by atoms with Gasteiger partial charge in [0.2, 0.25) is 0 Å². The van der Waals surface area contributed by atoms with Crippen LogP contribution in [0.4, 0.5) is 30.2 Å². The van der Waals surface area contributed by atoms with Crippen LogP contribution in [0.5, 0.6) is 0 Å². The van der Waals surface area contributed by atoms with Crippen molar-refractivity contribution in [1.82, 2.24) is 0 Å². The van der Waals surface area contributed by atoms with E-state index in [4.69, 9.17) is 11.6 Å². The van der Waals surface area contributed by atoms with E-state index in [1.165, 1.54) is 30.7 Å². The molecule has 0 unspecified atom stereocenters. The van der Waals surface area contributed by atoms with Crippen LogP contribution in [0.1, 0.15) is 35.2 Å². The maximum atomic E-state index is 13.1. The SMILES string of the molecule is O=C(Nc1ccc(S(=O)(=O)Nc2ccc(Cl)c(C(F)(F)F)c2)cc1)c1ccc(N2CCCCC2)cc1. The van der Waals surface area contributed by atoms with Crippen LogP contribution < -0.4 is 14.9 Å². The van der Waals surface area contributed by atoms with Crippen molar-refractivity contribution in [3.8, 4) is 0 Å². The van der Waals surface area contributed by atoms with Crippen molar-refractivity contribution in [3.63, 3.8) is 0 Å². The molecule has 190 valence electrons. The molecule has 0 bridgehead atoms. The van der Waals surface area contributed by atoms with Gasteiger partial charge in [-0.25, -0.2) is 8.42 Å². The Hall–Kier alpha value is -3.24. The highest BCUT2D eigenvalue weighted by atomic mass is 35.5. The molecule has 2 N–H and O–H groups in total. The number of alkyl halides is 3. The first-order chi connectivity index (χ1) is 17.0. The van der Waals surface area contributed by atoms with Gasteiger partial charge in [-0.1, -0.05) is 11.6 Å². The molecule has 3 aromatic carbocycles. The fourth-order valence-electron chi connectivity index (χ4n) is 3.92. The summed E-state index contributed by atoms with van der Waals surface area (Å²) >= 11 is 5.58. The van der Waals surface area contributed by atoms with Crippen LogP contribution in [0.3, 0.4) is 0 Å². The van der Waals surface area contributed by atoms with Crippen molar-refractivity contribution in [1.29, 1.82) is 0 Å². The van der Waals surface area contributed by atoms with E-state index < -0.39 is 26.8 Å². The Morgan fingerprint density at radius 2 is 1.47 bits per heavy atom. The van der Waals surface area contributed by atoms with Crippen molar-refractivity contribution in [2.45, 2.75) is 30.3 Å². The third kappa shape index (κ3) is 6.11. The van der Waals surface area contributed by atoms with Gasteiger partial charge in [0.05, 0.1) is 15.5 Å². The maximum absolute atomic E-state index is 13.1. The van der Waals surface area contributed by atoms with Gasteiger partial charge in [0, 0.05) is 35.7 Å². The summed E-state index contributed by atoms with van der Waals surface area (Å²) in [6.45, 7) is 1.99. The van der Waals surface area contributed by atoms with Crippen LogP contribution in [-0.2, 0) is 16.2 Å². The van der Waals surface area contributed by atoms with Crippen LogP contribution in [0.25, 0.3) is 0 Å². The Bertz CT molecular complexity index is 1340. The van der Waals surface area contributed by atoms with Crippen LogP contribution >= 0.6 is 11.6 Å². The van der Waals surface area contributed by atoms with E-state index in [0.29, 0.717) is 17.3 Å². The minimum atomic E-state index is -4.73. The summed E-state index contributed by atoms with van der Waals surface area (Å²) in [6.07, 6.45) is -1.20. The second-order valence-corrected chi connectivity index (χ2v) is 10.5. The molecule has 4 rings (SSSR count). The number of halogens is 4. The molecule has 1 amide bonds. The van der Waals surface area contributed by atoms with Gasteiger partial charge in [0.25, 0.3) is 15.9 Å². The molecule has 1 aliphatic rings. The van der Waals surface area contributed by atoms with E-state index in [2.05, 4.69) is 14.9 Å². The molecule has 0 spiro atoms. The zero-order valence-corrected chi connectivity index (χ0v) is 20.6. The van der Waals surface area contributed by atoms with Gasteiger partial charge in [-0.15, -0.1) is 0 Å². The summed E-state index contributed by atoms with van der Waals surface area (Å²) in [4.78, 5) is 14.7. The first-order valence-corrected chi connectivity index (χ1v) is 13.0. The lowest BCUT2D eigenvalue weighted by molar-refractivity contribution is -0.137. The number of nitrogens with zero attached hydrogens (tertiary/aromatic N) is 1. The van der Waals surface area contributed by atoms with Crippen molar-refractivity contribution in [3.05, 3.63) is 82.9 Å². The molecular weight excluding hydrogens is 515 g/mol. The first kappa shape index (κ1) is 25.8. The van der Waals surface area contributed by atoms with Gasteiger partial charge >= 0.3 is 6.18 Å². The zero-order chi connectivity index (χ0) is 25.9. The van der Waals surface area contributed by atoms with Gasteiger partial charge in [-0.3, -0.25) is 9.52 Å². The molecule has 36 heavy (non-hydrogen) atoms. The highest BCUT2D eigenvalue weighted by Gasteiger charge is 2.33. The lowest BCUT2D eigenvalue weighted by Gasteiger charge is -2.28. The lowest BCUT2D eigenvalue weighted by atomic mass is 10.1. The summed E-state index contributed by atoms with van der Waals surface area (Å²) in [5.74, 6) is -0.352. The van der Waals surface area contributed by atoms with Crippen LogP contribution in [-0.4, -0.2) is 27.4 Å². The van der Waals surface area contributed by atoms with E-state index in [-0.39, 0.29) is 16.5 Å². The molecule has 0 atom stereocenters. The van der Waals surface area contributed by atoms with E-state index in [1.54, 1.807) is 12.1 Å². The van der Waals surface area contributed by atoms with Crippen LogP contribution in [0, 0.1) is 0 Å². The Morgan fingerprint density at radius 3 is 2.08 bits per heavy atom. The molecule has 0 saturated carbocycles. The number of anilines is 3. The van der Waals surface area contributed by atoms with Crippen molar-refractivity contribution < 1.29 is 26.4 Å². The average molecular weight is 538 g/mol. The number of hydrogen-bond donors (Lipinski definition) is 2. The summed E-state index contributed by atoms with van der Waals surface area (Å²) in [5, 5.41) is 2.17. The summed E-state index contributed by atoms with van der Waals surface area (Å²) in [5.41, 5.74) is 0.460. The molecule has 1 heterocycles. The smallest absolute Gasteiger partial charge is 0.372 e. The topological polar surface area (TPSA) is 78.5 Å². The molecule has 0 aromatic heterocycles. The highest BCUT2D eigenvalue weighted by molar-refractivity contribution is 7.92. The summed E-state index contributed by atoms with van der Waals surface area (Å²) < 4.78 is 66.6. The lowest BCUT2D eigenvalue weighted by Crippen LogP contribution is -2.29. The molecule has 0 aliphatic carbocycles. The number of benzene rings is 3. The Morgan fingerprint density at radius 1 is 0.861 bits per heavy atom. The van der Waals surface area contributed by atoms with Gasteiger partial charge in [0.1, 0.15) is 0 Å². The average Bonchev–Trinajstić information content (AvgIpc) is 2.85. The predicted molar refractivity (Wildman–Crippen MR) is 134 cm³/mol. The Balaban J connectivity index is 1.42. The van der Waals surface area contributed by atoms with Gasteiger partial charge in [0.15, 0.2) is 0 Å². The number of rotatable bonds is 6. The standard InChI is InChI=1S/C25H23ClF3N3O3S/c26-23-13-8-19(16-22(23)25(27,28)29)31-36(34,35)21-11-6-18(7-12-21)30-24(33)17-4-9-20(10-5-17)32-14-2-1-3-15-32/h4-13,16,31H,1-3,14-15H2,(H,30,33). The quantitative estimate of drug-likeness (QED) is 0.381. The fraction of sp³-hybridized carbons (Fsp3) is 0.240. The van der Waals surface area contributed by atoms with Crippen LogP contribution in [0.2, 0.25) is 5.02 Å². The fourth-order valence-corrected chi connectivity index (χ4v) is 5.19. The summed E-state index contributed by atoms with van der Waals surface area (Å²) in [6, 6.07) is 15.3. The van der Waals surface area contributed by atoms with Gasteiger partial charge in [-0.2, -0.15) is 13.2 Å². The van der Waals surface area contributed by atoms with Gasteiger partial charge < -0.3 is 10.2 Å². The molecule has 1 saturated heterocycles. The van der Waals surface area contributed by atoms with Gasteiger partial charge in [-0.05, 0) is 86.0 Å². The van der Waals surface area contributed by atoms with E-state index in [0.717, 1.165) is 43.8 Å². The number of carbonyl (C=O) groups excluding carboxylic acids is 1. The number of nitrogens with one attached hydrogen (secondary N) is 2. The normalized spacial score (nSPS) is 14.4. The molecule has 1 fully saturated rings. The minimum Gasteiger partial charge on any atom is -0.372 e. The van der Waals surface area contributed by atoms with E-state index >= 15 is 0 Å². The Kier molecular flexibility index (Phi) is 7.46. The number of carbonyl (C=O) groups is 1. The highest BCUT2D eigenvalue weighted by Crippen LogP contribution is 2.36. The molecule has 3 aromatic rings. The second-order valence-electron chi connectivity index (χ2n) is 8.37. The van der Waals surface area contributed by atoms with Crippen LogP contribution in [0.15, 0.2) is 71.6 Å². The second kappa shape index (κ2) is 10.4. The molecule has 1 aliphatic heterocycles. The zero-order valence-electron chi connectivity index (χ0n) is 19.0. The third-order valence-corrected chi connectivity index (χ3v) is 7.52. The first-order valence-electron chi connectivity index (χ1n) is 11.2. The van der Waals surface area contributed by atoms with E-state index in [1.807, 2.05) is 12.1 Å².